The molecule has 44 heavy (non-hydrogen) atoms. The van der Waals surface area contributed by atoms with E-state index in [0.29, 0.717) is 19.0 Å². The van der Waals surface area contributed by atoms with Gasteiger partial charge in [0.25, 0.3) is 9.05 Å². The highest BCUT2D eigenvalue weighted by molar-refractivity contribution is 8.13. The van der Waals surface area contributed by atoms with Crippen LogP contribution in [0.15, 0.2) is 17.0 Å². The molecule has 258 valence electrons. The first-order valence-corrected chi connectivity index (χ1v) is 20.8. The van der Waals surface area contributed by atoms with Gasteiger partial charge in [-0.15, -0.1) is 0 Å². The first-order chi connectivity index (χ1) is 21.1. The van der Waals surface area contributed by atoms with E-state index >= 15 is 0 Å². The quantitative estimate of drug-likeness (QED) is 0.0636. The Labute approximate surface area is 278 Å². The van der Waals surface area contributed by atoms with Crippen LogP contribution in [0.3, 0.4) is 0 Å². The molecule has 0 atom stereocenters. The molecule has 1 aromatic rings. The number of hydrogen-bond acceptors (Lipinski definition) is 4. The molecule has 0 aliphatic rings. The van der Waals surface area contributed by atoms with E-state index in [9.17, 15) is 8.42 Å². The third-order valence-corrected chi connectivity index (χ3v) is 9.98. The van der Waals surface area contributed by atoms with Gasteiger partial charge in [0.05, 0.1) is 13.2 Å². The maximum absolute atomic E-state index is 12.6. The van der Waals surface area contributed by atoms with Crippen LogP contribution < -0.4 is 9.47 Å². The molecule has 6 heteroatoms. The molecule has 0 amide bonds. The third kappa shape index (κ3) is 20.2. The first-order valence-electron chi connectivity index (χ1n) is 18.5. The summed E-state index contributed by atoms with van der Waals surface area (Å²) in [4.78, 5) is 0.0234. The Hall–Kier alpha value is -0.940. The molecule has 0 unspecified atom stereocenters. The smallest absolute Gasteiger partial charge is 0.265 e. The van der Waals surface area contributed by atoms with Crippen LogP contribution in [0, 0.1) is 0 Å². The lowest BCUT2D eigenvalue weighted by Gasteiger charge is -2.23. The molecule has 0 aromatic heterocycles. The zero-order valence-corrected chi connectivity index (χ0v) is 31.0. The van der Waals surface area contributed by atoms with Crippen molar-refractivity contribution in [2.75, 3.05) is 13.2 Å². The summed E-state index contributed by atoms with van der Waals surface area (Å²) in [6, 6.07) is 3.61. The maximum Gasteiger partial charge on any atom is 0.265 e. The minimum atomic E-state index is -4.00. The van der Waals surface area contributed by atoms with E-state index in [1.807, 2.05) is 6.07 Å². The lowest BCUT2D eigenvalue weighted by Crippen LogP contribution is -2.14. The summed E-state index contributed by atoms with van der Waals surface area (Å²) >= 11 is 0. The molecule has 0 fully saturated rings. The minimum absolute atomic E-state index is 0.0234. The molecule has 4 nitrogen and oxygen atoms in total. The third-order valence-electron chi connectivity index (χ3n) is 8.65. The Morgan fingerprint density at radius 3 is 1.23 bits per heavy atom. The minimum Gasteiger partial charge on any atom is -0.490 e. The van der Waals surface area contributed by atoms with Crippen LogP contribution in [0.5, 0.6) is 11.5 Å². The van der Waals surface area contributed by atoms with Gasteiger partial charge in [0.15, 0.2) is 11.5 Å². The topological polar surface area (TPSA) is 52.6 Å². The van der Waals surface area contributed by atoms with Crippen molar-refractivity contribution in [3.63, 3.8) is 0 Å². The van der Waals surface area contributed by atoms with Crippen molar-refractivity contribution in [3.05, 3.63) is 17.7 Å². The summed E-state index contributed by atoms with van der Waals surface area (Å²) in [6.07, 6.45) is 30.6. The standard InChI is InChI=1S/C38H69ClO4S/c1-6-8-10-12-14-16-18-20-22-24-26-28-30-42-35-32-34(38(3,4)5)33-36(44(39,40)41)37(35)43-31-29-27-25-23-21-19-17-15-13-11-9-7-2/h32-33H,6-31H2,1-5H3. The van der Waals surface area contributed by atoms with Crippen LogP contribution in [0.2, 0.25) is 0 Å². The van der Waals surface area contributed by atoms with E-state index < -0.39 is 9.05 Å². The summed E-state index contributed by atoms with van der Waals surface area (Å²) in [7, 11) is 1.94. The summed E-state index contributed by atoms with van der Waals surface area (Å²) in [5.41, 5.74) is 0.623. The van der Waals surface area contributed by atoms with Gasteiger partial charge in [-0.05, 0) is 36.0 Å². The van der Waals surface area contributed by atoms with Gasteiger partial charge in [-0.2, -0.15) is 0 Å². The lowest BCUT2D eigenvalue weighted by molar-refractivity contribution is 0.252. The van der Waals surface area contributed by atoms with Crippen LogP contribution >= 0.6 is 10.7 Å². The number of rotatable bonds is 29. The van der Waals surface area contributed by atoms with Crippen LogP contribution in [0.1, 0.15) is 194 Å². The second kappa shape index (κ2) is 25.2. The van der Waals surface area contributed by atoms with E-state index in [1.165, 1.54) is 128 Å². The van der Waals surface area contributed by atoms with E-state index in [0.717, 1.165) is 31.2 Å². The van der Waals surface area contributed by atoms with Gasteiger partial charge < -0.3 is 9.47 Å². The molecule has 0 radical (unpaired) electrons. The van der Waals surface area contributed by atoms with Gasteiger partial charge >= 0.3 is 0 Å². The fraction of sp³-hybridized carbons (Fsp3) is 0.842. The predicted octanol–water partition coefficient (Wildman–Crippen LogP) is 13.1. The monoisotopic (exact) mass is 656 g/mol. The number of ether oxygens (including phenoxy) is 2. The summed E-state index contributed by atoms with van der Waals surface area (Å²) in [6.45, 7) is 11.7. The molecule has 1 aromatic carbocycles. The zero-order chi connectivity index (χ0) is 32.5. The van der Waals surface area contributed by atoms with Crippen LogP contribution in [0.25, 0.3) is 0 Å². The van der Waals surface area contributed by atoms with E-state index in [1.54, 1.807) is 6.07 Å². The Morgan fingerprint density at radius 2 is 0.886 bits per heavy atom. The van der Waals surface area contributed by atoms with Gasteiger partial charge in [-0.3, -0.25) is 0 Å². The fourth-order valence-electron chi connectivity index (χ4n) is 5.68. The predicted molar refractivity (Wildman–Crippen MR) is 191 cm³/mol. The number of halogens is 1. The molecule has 0 saturated heterocycles. The highest BCUT2D eigenvalue weighted by Crippen LogP contribution is 2.41. The van der Waals surface area contributed by atoms with Crippen molar-refractivity contribution in [3.8, 4) is 11.5 Å². The van der Waals surface area contributed by atoms with Crippen molar-refractivity contribution >= 4 is 19.7 Å². The van der Waals surface area contributed by atoms with Crippen LogP contribution in [-0.2, 0) is 14.5 Å². The largest absolute Gasteiger partial charge is 0.490 e. The SMILES string of the molecule is CCCCCCCCCCCCCCOc1cc(C(C)(C)C)cc(S(=O)(=O)Cl)c1OCCCCCCCCCCCCCC. The average molecular weight is 657 g/mol. The summed E-state index contributed by atoms with van der Waals surface area (Å²) in [5.74, 6) is 0.772. The Bertz CT molecular complexity index is 939. The molecular weight excluding hydrogens is 588 g/mol. The zero-order valence-electron chi connectivity index (χ0n) is 29.5. The fourth-order valence-corrected chi connectivity index (χ4v) is 6.68. The maximum atomic E-state index is 12.6. The van der Waals surface area contributed by atoms with Gasteiger partial charge in [0, 0.05) is 10.7 Å². The van der Waals surface area contributed by atoms with Gasteiger partial charge in [0.1, 0.15) is 4.90 Å². The number of benzene rings is 1. The van der Waals surface area contributed by atoms with Gasteiger partial charge in [-0.1, -0.05) is 176 Å². The molecule has 0 saturated carbocycles. The van der Waals surface area contributed by atoms with E-state index in [2.05, 4.69) is 34.6 Å². The lowest BCUT2D eigenvalue weighted by atomic mass is 9.87. The second-order valence-electron chi connectivity index (χ2n) is 14.0. The molecule has 0 aliphatic heterocycles. The van der Waals surface area contributed by atoms with E-state index in [4.69, 9.17) is 20.2 Å². The van der Waals surface area contributed by atoms with Crippen molar-refractivity contribution in [1.29, 1.82) is 0 Å². The Balaban J connectivity index is 2.52. The molecule has 0 spiro atoms. The van der Waals surface area contributed by atoms with Crippen LogP contribution in [0.4, 0.5) is 0 Å². The Kier molecular flexibility index (Phi) is 23.5. The highest BCUT2D eigenvalue weighted by Gasteiger charge is 2.26. The van der Waals surface area contributed by atoms with Crippen molar-refractivity contribution in [2.24, 2.45) is 0 Å². The average Bonchev–Trinajstić information content (AvgIpc) is 2.97. The summed E-state index contributed by atoms with van der Waals surface area (Å²) < 4.78 is 37.6. The molecular formula is C38H69ClO4S. The normalized spacial score (nSPS) is 12.1. The van der Waals surface area contributed by atoms with Gasteiger partial charge in [0.2, 0.25) is 0 Å². The molecule has 0 aliphatic carbocycles. The molecule has 0 bridgehead atoms. The first kappa shape index (κ1) is 41.1. The summed E-state index contributed by atoms with van der Waals surface area (Å²) in [5, 5.41) is 0. The Morgan fingerprint density at radius 1 is 0.545 bits per heavy atom. The van der Waals surface area contributed by atoms with Crippen molar-refractivity contribution in [1.82, 2.24) is 0 Å². The second-order valence-corrected chi connectivity index (χ2v) is 16.5. The van der Waals surface area contributed by atoms with Crippen molar-refractivity contribution in [2.45, 2.75) is 199 Å². The van der Waals surface area contributed by atoms with Gasteiger partial charge in [-0.25, -0.2) is 8.42 Å². The van der Waals surface area contributed by atoms with Crippen LogP contribution in [-0.4, -0.2) is 21.6 Å². The molecule has 0 heterocycles. The number of unbranched alkanes of at least 4 members (excludes halogenated alkanes) is 22. The number of hydrogen-bond donors (Lipinski definition) is 0. The highest BCUT2D eigenvalue weighted by atomic mass is 35.7. The molecule has 1 rings (SSSR count). The van der Waals surface area contributed by atoms with E-state index in [-0.39, 0.29) is 16.1 Å². The van der Waals surface area contributed by atoms with Crippen molar-refractivity contribution < 1.29 is 17.9 Å². The molecule has 0 N–H and O–H groups in total.